The summed E-state index contributed by atoms with van der Waals surface area (Å²) in [6, 6.07) is 12.5. The summed E-state index contributed by atoms with van der Waals surface area (Å²) in [5.74, 6) is 0.883. The van der Waals surface area contributed by atoms with Crippen molar-refractivity contribution in [2.45, 2.75) is 40.3 Å². The first-order valence-electron chi connectivity index (χ1n) is 7.03. The van der Waals surface area contributed by atoms with Crippen LogP contribution in [0.4, 0.5) is 0 Å². The molecule has 0 amide bonds. The highest BCUT2D eigenvalue weighted by molar-refractivity contribution is 5.40. The molecule has 0 heterocycles. The van der Waals surface area contributed by atoms with Crippen molar-refractivity contribution in [3.63, 3.8) is 0 Å². The molecule has 1 unspecified atom stereocenters. The second-order valence-electron chi connectivity index (χ2n) is 5.49. The molecule has 0 saturated carbocycles. The lowest BCUT2D eigenvalue weighted by atomic mass is 10.0. The summed E-state index contributed by atoms with van der Waals surface area (Å²) in [5.41, 5.74) is 12.1. The lowest BCUT2D eigenvalue weighted by Crippen LogP contribution is -2.09. The van der Waals surface area contributed by atoms with Crippen LogP contribution in [0.1, 0.15) is 40.8 Å². The summed E-state index contributed by atoms with van der Waals surface area (Å²) < 4.78 is 6.02. The number of ether oxygens (including phenoxy) is 1. The zero-order valence-corrected chi connectivity index (χ0v) is 12.7. The van der Waals surface area contributed by atoms with Gasteiger partial charge in [-0.15, -0.1) is 0 Å². The van der Waals surface area contributed by atoms with Crippen LogP contribution in [0, 0.1) is 20.8 Å². The molecule has 0 saturated heterocycles. The van der Waals surface area contributed by atoms with Crippen molar-refractivity contribution in [1.29, 1.82) is 0 Å². The molecular formula is C18H23NO. The van der Waals surface area contributed by atoms with Gasteiger partial charge in [0.2, 0.25) is 0 Å². The summed E-state index contributed by atoms with van der Waals surface area (Å²) in [5, 5.41) is 0. The molecule has 106 valence electrons. The monoisotopic (exact) mass is 269 g/mol. The van der Waals surface area contributed by atoms with E-state index in [-0.39, 0.29) is 6.04 Å². The molecule has 0 aliphatic carbocycles. The Labute approximate surface area is 121 Å². The number of nitrogens with two attached hydrogens (primary N) is 1. The SMILES string of the molecule is Cc1ccc(OCc2c(C)cccc2C)c(C(C)N)c1. The first-order valence-corrected chi connectivity index (χ1v) is 7.03. The average molecular weight is 269 g/mol. The lowest BCUT2D eigenvalue weighted by molar-refractivity contribution is 0.300. The van der Waals surface area contributed by atoms with Gasteiger partial charge in [0, 0.05) is 11.6 Å². The fraction of sp³-hybridized carbons (Fsp3) is 0.333. The van der Waals surface area contributed by atoms with Gasteiger partial charge in [-0.2, -0.15) is 0 Å². The molecule has 2 heteroatoms. The molecule has 0 fully saturated rings. The predicted octanol–water partition coefficient (Wildman–Crippen LogP) is 4.21. The van der Waals surface area contributed by atoms with Crippen molar-refractivity contribution in [2.24, 2.45) is 5.73 Å². The van der Waals surface area contributed by atoms with E-state index < -0.39 is 0 Å². The lowest BCUT2D eigenvalue weighted by Gasteiger charge is -2.16. The summed E-state index contributed by atoms with van der Waals surface area (Å²) in [4.78, 5) is 0. The van der Waals surface area contributed by atoms with Crippen LogP contribution in [0.2, 0.25) is 0 Å². The van der Waals surface area contributed by atoms with Crippen molar-refractivity contribution in [2.75, 3.05) is 0 Å². The molecule has 0 aliphatic heterocycles. The van der Waals surface area contributed by atoms with Gasteiger partial charge < -0.3 is 10.5 Å². The van der Waals surface area contributed by atoms with E-state index in [0.717, 1.165) is 11.3 Å². The van der Waals surface area contributed by atoms with Gasteiger partial charge in [-0.05, 0) is 50.5 Å². The number of rotatable bonds is 4. The average Bonchev–Trinajstić information content (AvgIpc) is 2.39. The molecule has 20 heavy (non-hydrogen) atoms. The summed E-state index contributed by atoms with van der Waals surface area (Å²) in [6.45, 7) is 8.88. The van der Waals surface area contributed by atoms with E-state index in [1.165, 1.54) is 22.3 Å². The molecule has 2 nitrogen and oxygen atoms in total. The predicted molar refractivity (Wildman–Crippen MR) is 84.0 cm³/mol. The highest BCUT2D eigenvalue weighted by Crippen LogP contribution is 2.26. The van der Waals surface area contributed by atoms with Gasteiger partial charge in [0.05, 0.1) is 0 Å². The molecule has 2 N–H and O–H groups in total. The normalized spacial score (nSPS) is 12.2. The van der Waals surface area contributed by atoms with Crippen LogP contribution in [-0.4, -0.2) is 0 Å². The Balaban J connectivity index is 2.23. The van der Waals surface area contributed by atoms with Crippen LogP contribution < -0.4 is 10.5 Å². The molecule has 2 aromatic rings. The van der Waals surface area contributed by atoms with Crippen molar-refractivity contribution in [1.82, 2.24) is 0 Å². The van der Waals surface area contributed by atoms with Crippen LogP contribution in [-0.2, 0) is 6.61 Å². The van der Waals surface area contributed by atoms with E-state index >= 15 is 0 Å². The molecule has 2 rings (SSSR count). The minimum Gasteiger partial charge on any atom is -0.489 e. The Hall–Kier alpha value is -1.80. The Morgan fingerprint density at radius 3 is 2.30 bits per heavy atom. The van der Waals surface area contributed by atoms with Crippen LogP contribution in [0.15, 0.2) is 36.4 Å². The van der Waals surface area contributed by atoms with E-state index in [0.29, 0.717) is 6.61 Å². The summed E-state index contributed by atoms with van der Waals surface area (Å²) in [7, 11) is 0. The van der Waals surface area contributed by atoms with Gasteiger partial charge in [0.1, 0.15) is 12.4 Å². The molecular weight excluding hydrogens is 246 g/mol. The van der Waals surface area contributed by atoms with Gasteiger partial charge in [-0.25, -0.2) is 0 Å². The number of aryl methyl sites for hydroxylation is 3. The molecule has 1 atom stereocenters. The summed E-state index contributed by atoms with van der Waals surface area (Å²) >= 11 is 0. The largest absolute Gasteiger partial charge is 0.489 e. The third-order valence-corrected chi connectivity index (χ3v) is 3.67. The van der Waals surface area contributed by atoms with E-state index in [4.69, 9.17) is 10.5 Å². The molecule has 0 aromatic heterocycles. The molecule has 0 spiro atoms. The van der Waals surface area contributed by atoms with Gasteiger partial charge in [0.25, 0.3) is 0 Å². The van der Waals surface area contributed by atoms with Gasteiger partial charge in [-0.1, -0.05) is 35.9 Å². The van der Waals surface area contributed by atoms with Crippen LogP contribution in [0.5, 0.6) is 5.75 Å². The number of hydrogen-bond acceptors (Lipinski definition) is 2. The van der Waals surface area contributed by atoms with E-state index in [2.05, 4.69) is 51.1 Å². The number of hydrogen-bond donors (Lipinski definition) is 1. The molecule has 0 radical (unpaired) electrons. The van der Waals surface area contributed by atoms with Gasteiger partial charge in [0.15, 0.2) is 0 Å². The van der Waals surface area contributed by atoms with E-state index in [9.17, 15) is 0 Å². The minimum absolute atomic E-state index is 0.0251. The standard InChI is InChI=1S/C18H23NO/c1-12-8-9-18(16(10-12)15(4)19)20-11-17-13(2)6-5-7-14(17)3/h5-10,15H,11,19H2,1-4H3. The maximum atomic E-state index is 6.03. The third kappa shape index (κ3) is 3.20. The zero-order chi connectivity index (χ0) is 14.7. The summed E-state index contributed by atoms with van der Waals surface area (Å²) in [6.07, 6.45) is 0. The first kappa shape index (κ1) is 14.6. The number of benzene rings is 2. The fourth-order valence-corrected chi connectivity index (χ4v) is 2.38. The smallest absolute Gasteiger partial charge is 0.124 e. The first-order chi connectivity index (χ1) is 9.49. The van der Waals surface area contributed by atoms with Gasteiger partial charge in [-0.3, -0.25) is 0 Å². The minimum atomic E-state index is -0.0251. The highest BCUT2D eigenvalue weighted by atomic mass is 16.5. The zero-order valence-electron chi connectivity index (χ0n) is 12.7. The highest BCUT2D eigenvalue weighted by Gasteiger charge is 2.10. The molecule has 0 aliphatic rings. The second kappa shape index (κ2) is 6.10. The van der Waals surface area contributed by atoms with Crippen molar-refractivity contribution >= 4 is 0 Å². The van der Waals surface area contributed by atoms with Crippen LogP contribution in [0.3, 0.4) is 0 Å². The topological polar surface area (TPSA) is 35.2 Å². The maximum Gasteiger partial charge on any atom is 0.124 e. The Morgan fingerprint density at radius 2 is 1.70 bits per heavy atom. The van der Waals surface area contributed by atoms with E-state index in [1.54, 1.807) is 0 Å². The Kier molecular flexibility index (Phi) is 4.46. The van der Waals surface area contributed by atoms with Crippen molar-refractivity contribution in [3.05, 3.63) is 64.2 Å². The molecule has 0 bridgehead atoms. The molecule has 2 aromatic carbocycles. The van der Waals surface area contributed by atoms with E-state index in [1.807, 2.05) is 13.0 Å². The Bertz CT molecular complexity index is 582. The third-order valence-electron chi connectivity index (χ3n) is 3.67. The Morgan fingerprint density at radius 1 is 1.05 bits per heavy atom. The van der Waals surface area contributed by atoms with Crippen LogP contribution in [0.25, 0.3) is 0 Å². The second-order valence-corrected chi connectivity index (χ2v) is 5.49. The van der Waals surface area contributed by atoms with Crippen LogP contribution >= 0.6 is 0 Å². The maximum absolute atomic E-state index is 6.03. The van der Waals surface area contributed by atoms with Crippen molar-refractivity contribution in [3.8, 4) is 5.75 Å². The van der Waals surface area contributed by atoms with Gasteiger partial charge >= 0.3 is 0 Å². The van der Waals surface area contributed by atoms with Crippen molar-refractivity contribution < 1.29 is 4.74 Å². The fourth-order valence-electron chi connectivity index (χ4n) is 2.38. The quantitative estimate of drug-likeness (QED) is 0.902.